The molecule has 10 heteroatoms. The molecule has 0 aliphatic carbocycles. The number of alkyl halides is 3. The molecule has 6 nitrogen and oxygen atoms in total. The van der Waals surface area contributed by atoms with Gasteiger partial charge in [-0.3, -0.25) is 10.2 Å². The van der Waals surface area contributed by atoms with Gasteiger partial charge in [0.15, 0.2) is 0 Å². The molecule has 2 aromatic carbocycles. The van der Waals surface area contributed by atoms with E-state index in [9.17, 15) is 22.8 Å². The summed E-state index contributed by atoms with van der Waals surface area (Å²) < 4.78 is 52.3. The lowest BCUT2D eigenvalue weighted by molar-refractivity contribution is -0.150. The van der Waals surface area contributed by atoms with E-state index in [-0.39, 0.29) is 22.8 Å². The van der Waals surface area contributed by atoms with Crippen molar-refractivity contribution in [2.75, 3.05) is 4.90 Å². The molecule has 0 amide bonds. The summed E-state index contributed by atoms with van der Waals surface area (Å²) in [5.74, 6) is -4.09. The molecule has 2 atom stereocenters. The van der Waals surface area contributed by atoms with Gasteiger partial charge in [-0.25, -0.2) is 4.79 Å². The van der Waals surface area contributed by atoms with Crippen molar-refractivity contribution in [2.45, 2.75) is 58.9 Å². The third kappa shape index (κ3) is 6.23. The van der Waals surface area contributed by atoms with Gasteiger partial charge in [0.05, 0.1) is 23.3 Å². The summed E-state index contributed by atoms with van der Waals surface area (Å²) in [5.41, 5.74) is -0.124. The summed E-state index contributed by atoms with van der Waals surface area (Å²) in [6.45, 7) is 8.17. The Bertz CT molecular complexity index is 1220. The van der Waals surface area contributed by atoms with Gasteiger partial charge in [0.25, 0.3) is 0 Å². The Morgan fingerprint density at radius 1 is 1.00 bits per heavy atom. The Kier molecular flexibility index (Phi) is 8.52. The maximum absolute atomic E-state index is 13.5. The average molecular weight is 581 g/mol. The molecule has 3 rings (SSSR count). The first-order valence-corrected chi connectivity index (χ1v) is 12.4. The highest BCUT2D eigenvalue weighted by atomic mass is 79.9. The van der Waals surface area contributed by atoms with Crippen molar-refractivity contribution in [1.29, 1.82) is 5.41 Å². The molecule has 0 saturated carbocycles. The molecular formula is C27H28BrF3N2O4. The number of anilines is 1. The normalized spacial score (nSPS) is 18.5. The van der Waals surface area contributed by atoms with Gasteiger partial charge in [0.2, 0.25) is 0 Å². The van der Waals surface area contributed by atoms with Crippen LogP contribution in [0.1, 0.15) is 51.7 Å². The number of benzene rings is 2. The molecular weight excluding hydrogens is 553 g/mol. The molecule has 1 aliphatic heterocycles. The second-order valence-corrected chi connectivity index (χ2v) is 10.1. The molecule has 1 N–H and O–H groups in total. The number of carbonyl (C=O) groups is 2. The van der Waals surface area contributed by atoms with E-state index in [1.165, 1.54) is 24.0 Å². The molecule has 37 heavy (non-hydrogen) atoms. The second-order valence-electron chi connectivity index (χ2n) is 9.21. The first-order chi connectivity index (χ1) is 17.2. The third-order valence-corrected chi connectivity index (χ3v) is 6.26. The molecule has 0 radical (unpaired) electrons. The first kappa shape index (κ1) is 28.4. The van der Waals surface area contributed by atoms with Crippen LogP contribution in [0.15, 0.2) is 64.3 Å². The summed E-state index contributed by atoms with van der Waals surface area (Å²) in [7, 11) is 0. The number of ether oxygens (including phenoxy) is 2. The summed E-state index contributed by atoms with van der Waals surface area (Å²) in [5, 5.41) is 9.01. The van der Waals surface area contributed by atoms with E-state index in [0.29, 0.717) is 5.56 Å². The number of hydrogen-bond acceptors (Lipinski definition) is 5. The van der Waals surface area contributed by atoms with Gasteiger partial charge in [-0.15, -0.1) is 0 Å². The van der Waals surface area contributed by atoms with Crippen molar-refractivity contribution in [2.24, 2.45) is 5.92 Å². The predicted molar refractivity (Wildman–Crippen MR) is 137 cm³/mol. The van der Waals surface area contributed by atoms with Crippen LogP contribution in [0.25, 0.3) is 0 Å². The van der Waals surface area contributed by atoms with E-state index in [1.807, 2.05) is 0 Å². The van der Waals surface area contributed by atoms with Gasteiger partial charge in [0, 0.05) is 21.8 Å². The summed E-state index contributed by atoms with van der Waals surface area (Å²) in [4.78, 5) is 28.1. The number of carbonyl (C=O) groups excluding carboxylic acids is 2. The number of nitrogens with zero attached hydrogens (tertiary/aromatic N) is 1. The maximum atomic E-state index is 13.5. The zero-order chi connectivity index (χ0) is 27.7. The van der Waals surface area contributed by atoms with Gasteiger partial charge < -0.3 is 14.4 Å². The highest BCUT2D eigenvalue weighted by molar-refractivity contribution is 9.10. The molecule has 0 spiro atoms. The molecule has 0 fully saturated rings. The summed E-state index contributed by atoms with van der Waals surface area (Å²) in [6.07, 6.45) is -5.64. The van der Waals surface area contributed by atoms with Crippen LogP contribution in [0, 0.1) is 11.3 Å². The number of amidine groups is 1. The van der Waals surface area contributed by atoms with Crippen molar-refractivity contribution in [3.63, 3.8) is 0 Å². The SMILES string of the molecule is CC1=C(C(=O)OC(C)C)C(c2ccc(Br)cc2)C(C(=O)OC(C)C)C(=N)N1c1cccc(C(F)(F)F)c1. The Morgan fingerprint density at radius 2 is 1.59 bits per heavy atom. The molecule has 2 unspecified atom stereocenters. The molecule has 1 aliphatic rings. The van der Waals surface area contributed by atoms with Gasteiger partial charge in [-0.1, -0.05) is 34.1 Å². The minimum Gasteiger partial charge on any atom is -0.462 e. The van der Waals surface area contributed by atoms with E-state index in [2.05, 4.69) is 15.9 Å². The smallest absolute Gasteiger partial charge is 0.416 e. The second kappa shape index (κ2) is 11.1. The van der Waals surface area contributed by atoms with Crippen LogP contribution >= 0.6 is 15.9 Å². The average Bonchev–Trinajstić information content (AvgIpc) is 2.77. The molecule has 0 saturated heterocycles. The van der Waals surface area contributed by atoms with Crippen LogP contribution in [0.4, 0.5) is 18.9 Å². The van der Waals surface area contributed by atoms with Crippen molar-refractivity contribution in [3.8, 4) is 0 Å². The van der Waals surface area contributed by atoms with E-state index >= 15 is 0 Å². The number of allylic oxidation sites excluding steroid dienone is 1. The van der Waals surface area contributed by atoms with Crippen LogP contribution in [-0.4, -0.2) is 30.0 Å². The van der Waals surface area contributed by atoms with Crippen molar-refractivity contribution in [3.05, 3.63) is 75.4 Å². The number of hydrogen-bond donors (Lipinski definition) is 1. The Morgan fingerprint density at radius 3 is 2.14 bits per heavy atom. The maximum Gasteiger partial charge on any atom is 0.416 e. The summed E-state index contributed by atoms with van der Waals surface area (Å²) in [6, 6.07) is 11.3. The van der Waals surface area contributed by atoms with Gasteiger partial charge >= 0.3 is 18.1 Å². The molecule has 0 bridgehead atoms. The standard InChI is InChI=1S/C27H28BrF3N2O4/c1-14(2)36-25(34)21-16(5)33(20-8-6-7-18(13-20)27(29,30)31)24(32)23(26(35)37-15(3)4)22(21)17-9-11-19(28)12-10-17/h6-15,22-23,32H,1-5H3. The van der Waals surface area contributed by atoms with Crippen LogP contribution in [0.3, 0.4) is 0 Å². The molecule has 2 aromatic rings. The number of esters is 2. The fraction of sp³-hybridized carbons (Fsp3) is 0.370. The fourth-order valence-corrected chi connectivity index (χ4v) is 4.54. The van der Waals surface area contributed by atoms with Gasteiger partial charge in [0.1, 0.15) is 11.8 Å². The number of halogens is 4. The zero-order valence-electron chi connectivity index (χ0n) is 21.0. The monoisotopic (exact) mass is 580 g/mol. The largest absolute Gasteiger partial charge is 0.462 e. The number of nitrogens with one attached hydrogen (secondary N) is 1. The minimum absolute atomic E-state index is 0.0104. The summed E-state index contributed by atoms with van der Waals surface area (Å²) >= 11 is 3.37. The topological polar surface area (TPSA) is 79.7 Å². The van der Waals surface area contributed by atoms with Crippen LogP contribution in [-0.2, 0) is 25.2 Å². The zero-order valence-corrected chi connectivity index (χ0v) is 22.6. The predicted octanol–water partition coefficient (Wildman–Crippen LogP) is 6.84. The van der Waals surface area contributed by atoms with E-state index in [0.717, 1.165) is 16.6 Å². The first-order valence-electron chi connectivity index (χ1n) is 11.7. The fourth-order valence-electron chi connectivity index (χ4n) is 4.28. The lowest BCUT2D eigenvalue weighted by Gasteiger charge is -2.41. The molecule has 1 heterocycles. The molecule has 0 aromatic heterocycles. The van der Waals surface area contributed by atoms with Crippen LogP contribution in [0.5, 0.6) is 0 Å². The van der Waals surface area contributed by atoms with Crippen molar-refractivity contribution < 1.29 is 32.2 Å². The minimum atomic E-state index is -4.62. The molecule has 198 valence electrons. The highest BCUT2D eigenvalue weighted by Crippen LogP contribution is 2.44. The quantitative estimate of drug-likeness (QED) is 0.378. The van der Waals surface area contributed by atoms with Crippen molar-refractivity contribution >= 4 is 39.4 Å². The number of rotatable bonds is 6. The van der Waals surface area contributed by atoms with E-state index in [1.54, 1.807) is 52.0 Å². The Labute approximate surface area is 222 Å². The van der Waals surface area contributed by atoms with E-state index < -0.39 is 47.7 Å². The van der Waals surface area contributed by atoms with Gasteiger partial charge in [-0.05, 0) is 70.5 Å². The lowest BCUT2D eigenvalue weighted by atomic mass is 9.75. The Hall–Kier alpha value is -3.14. The van der Waals surface area contributed by atoms with Crippen LogP contribution in [0.2, 0.25) is 0 Å². The van der Waals surface area contributed by atoms with Gasteiger partial charge in [-0.2, -0.15) is 13.2 Å². The van der Waals surface area contributed by atoms with E-state index in [4.69, 9.17) is 14.9 Å². The van der Waals surface area contributed by atoms with Crippen molar-refractivity contribution in [1.82, 2.24) is 0 Å². The lowest BCUT2D eigenvalue weighted by Crippen LogP contribution is -2.48. The third-order valence-electron chi connectivity index (χ3n) is 5.73. The highest BCUT2D eigenvalue weighted by Gasteiger charge is 2.48. The van der Waals surface area contributed by atoms with Crippen LogP contribution < -0.4 is 4.90 Å². The Balaban J connectivity index is 2.32.